The number of hydrogen-bond acceptors (Lipinski definition) is 4. The van der Waals surface area contributed by atoms with E-state index in [9.17, 15) is 13.2 Å². The van der Waals surface area contributed by atoms with Crippen molar-refractivity contribution >= 4 is 5.95 Å². The molecule has 0 amide bonds. The molecule has 0 radical (unpaired) electrons. The summed E-state index contributed by atoms with van der Waals surface area (Å²) in [5.74, 6) is 0.730. The first kappa shape index (κ1) is 16.7. The van der Waals surface area contributed by atoms with Gasteiger partial charge in [0.1, 0.15) is 0 Å². The van der Waals surface area contributed by atoms with Crippen molar-refractivity contribution in [2.45, 2.75) is 31.6 Å². The van der Waals surface area contributed by atoms with Gasteiger partial charge in [-0.15, -0.1) is 0 Å². The maximum Gasteiger partial charge on any atom is 0.416 e. The quantitative estimate of drug-likeness (QED) is 0.930. The molecule has 0 spiro atoms. The van der Waals surface area contributed by atoms with Crippen LogP contribution < -0.4 is 10.2 Å². The monoisotopic (exact) mass is 336 g/mol. The molecule has 0 bridgehead atoms. The van der Waals surface area contributed by atoms with E-state index in [2.05, 4.69) is 20.2 Å². The van der Waals surface area contributed by atoms with Gasteiger partial charge < -0.3 is 10.2 Å². The third-order valence-electron chi connectivity index (χ3n) is 4.18. The van der Waals surface area contributed by atoms with Gasteiger partial charge in [-0.3, -0.25) is 0 Å². The van der Waals surface area contributed by atoms with E-state index in [1.807, 2.05) is 0 Å². The summed E-state index contributed by atoms with van der Waals surface area (Å²) in [5, 5.41) is 3.35. The molecule has 1 N–H and O–H groups in total. The first-order valence-electron chi connectivity index (χ1n) is 7.94. The van der Waals surface area contributed by atoms with Crippen molar-refractivity contribution in [1.29, 1.82) is 0 Å². The van der Waals surface area contributed by atoms with Gasteiger partial charge in [-0.25, -0.2) is 9.97 Å². The summed E-state index contributed by atoms with van der Waals surface area (Å²) in [6.07, 6.45) is 0.978. The number of benzene rings is 1. The Morgan fingerprint density at radius 1 is 1.08 bits per heavy atom. The van der Waals surface area contributed by atoms with Crippen LogP contribution in [0.3, 0.4) is 0 Å². The van der Waals surface area contributed by atoms with Gasteiger partial charge in [0.25, 0.3) is 0 Å². The number of rotatable bonds is 4. The minimum absolute atomic E-state index is 0.291. The maximum absolute atomic E-state index is 12.7. The molecule has 3 rings (SSSR count). The van der Waals surface area contributed by atoms with Crippen LogP contribution in [-0.2, 0) is 12.7 Å². The summed E-state index contributed by atoms with van der Waals surface area (Å²) in [5.41, 5.74) is 0.0523. The van der Waals surface area contributed by atoms with Crippen LogP contribution in [0.2, 0.25) is 0 Å². The number of nitrogens with zero attached hydrogens (tertiary/aromatic N) is 3. The molecule has 7 heteroatoms. The zero-order chi connectivity index (χ0) is 17.0. The Hall–Kier alpha value is -2.15. The molecular weight excluding hydrogens is 317 g/mol. The third kappa shape index (κ3) is 4.23. The molecule has 24 heavy (non-hydrogen) atoms. The second-order valence-electron chi connectivity index (χ2n) is 5.89. The molecule has 128 valence electrons. The molecule has 0 aliphatic carbocycles. The molecule has 1 aliphatic heterocycles. The largest absolute Gasteiger partial charge is 0.416 e. The van der Waals surface area contributed by atoms with Gasteiger partial charge in [-0.05, 0) is 30.5 Å². The molecule has 2 aromatic rings. The molecule has 1 aromatic heterocycles. The highest BCUT2D eigenvalue weighted by Crippen LogP contribution is 2.29. The molecule has 1 fully saturated rings. The van der Waals surface area contributed by atoms with Crippen LogP contribution in [0.5, 0.6) is 0 Å². The average molecular weight is 336 g/mol. The third-order valence-corrected chi connectivity index (χ3v) is 4.18. The van der Waals surface area contributed by atoms with E-state index in [0.29, 0.717) is 18.2 Å². The van der Waals surface area contributed by atoms with Crippen LogP contribution in [0.4, 0.5) is 19.1 Å². The SMILES string of the molecule is FC(F)(F)c1cccc(CNC2CCN(c3ncccn3)CC2)c1. The van der Waals surface area contributed by atoms with E-state index >= 15 is 0 Å². The first-order chi connectivity index (χ1) is 11.5. The summed E-state index contributed by atoms with van der Waals surface area (Å²) >= 11 is 0. The lowest BCUT2D eigenvalue weighted by Crippen LogP contribution is -2.42. The minimum atomic E-state index is -4.29. The molecule has 1 aromatic carbocycles. The van der Waals surface area contributed by atoms with E-state index in [1.54, 1.807) is 24.5 Å². The fraction of sp³-hybridized carbons (Fsp3) is 0.412. The van der Waals surface area contributed by atoms with Crippen molar-refractivity contribution in [3.63, 3.8) is 0 Å². The highest BCUT2D eigenvalue weighted by atomic mass is 19.4. The predicted molar refractivity (Wildman–Crippen MR) is 85.6 cm³/mol. The zero-order valence-electron chi connectivity index (χ0n) is 13.1. The minimum Gasteiger partial charge on any atom is -0.341 e. The number of hydrogen-bond donors (Lipinski definition) is 1. The number of nitrogens with one attached hydrogen (secondary N) is 1. The summed E-state index contributed by atoms with van der Waals surface area (Å²) in [6, 6.07) is 7.55. The van der Waals surface area contributed by atoms with Gasteiger partial charge in [0.05, 0.1) is 5.56 Å². The fourth-order valence-corrected chi connectivity index (χ4v) is 2.86. The Kier molecular flexibility index (Phi) is 4.99. The Bertz CT molecular complexity index is 652. The highest BCUT2D eigenvalue weighted by Gasteiger charge is 2.30. The van der Waals surface area contributed by atoms with E-state index < -0.39 is 11.7 Å². The van der Waals surface area contributed by atoms with Crippen LogP contribution in [0.15, 0.2) is 42.7 Å². The second kappa shape index (κ2) is 7.17. The molecule has 4 nitrogen and oxygen atoms in total. The van der Waals surface area contributed by atoms with Crippen molar-refractivity contribution in [2.75, 3.05) is 18.0 Å². The molecule has 0 saturated carbocycles. The molecule has 0 unspecified atom stereocenters. The zero-order valence-corrected chi connectivity index (χ0v) is 13.1. The molecule has 1 saturated heterocycles. The number of alkyl halides is 3. The van der Waals surface area contributed by atoms with Gasteiger partial charge in [0.15, 0.2) is 0 Å². The molecule has 2 heterocycles. The van der Waals surface area contributed by atoms with Gasteiger partial charge in [-0.2, -0.15) is 13.2 Å². The Morgan fingerprint density at radius 3 is 2.46 bits per heavy atom. The number of piperidine rings is 1. The fourth-order valence-electron chi connectivity index (χ4n) is 2.86. The van der Waals surface area contributed by atoms with Crippen molar-refractivity contribution in [3.8, 4) is 0 Å². The van der Waals surface area contributed by atoms with Crippen LogP contribution in [-0.4, -0.2) is 29.1 Å². The Labute approximate surface area is 138 Å². The molecule has 0 atom stereocenters. The van der Waals surface area contributed by atoms with Gasteiger partial charge in [0.2, 0.25) is 5.95 Å². The van der Waals surface area contributed by atoms with E-state index in [1.165, 1.54) is 12.1 Å². The first-order valence-corrected chi connectivity index (χ1v) is 7.94. The summed E-state index contributed by atoms with van der Waals surface area (Å²) in [6.45, 7) is 2.12. The average Bonchev–Trinajstić information content (AvgIpc) is 2.61. The summed E-state index contributed by atoms with van der Waals surface area (Å²) in [4.78, 5) is 10.6. The van der Waals surface area contributed by atoms with Crippen LogP contribution in [0.1, 0.15) is 24.0 Å². The summed E-state index contributed by atoms with van der Waals surface area (Å²) < 4.78 is 38.2. The Balaban J connectivity index is 1.50. The maximum atomic E-state index is 12.7. The van der Waals surface area contributed by atoms with Gasteiger partial charge in [0, 0.05) is 38.1 Å². The Morgan fingerprint density at radius 2 is 1.79 bits per heavy atom. The van der Waals surface area contributed by atoms with Crippen molar-refractivity contribution in [2.24, 2.45) is 0 Å². The number of halogens is 3. The van der Waals surface area contributed by atoms with Crippen LogP contribution >= 0.6 is 0 Å². The lowest BCUT2D eigenvalue weighted by Gasteiger charge is -2.32. The second-order valence-corrected chi connectivity index (χ2v) is 5.89. The smallest absolute Gasteiger partial charge is 0.341 e. The lowest BCUT2D eigenvalue weighted by atomic mass is 10.0. The molecular formula is C17H19F3N4. The normalized spacial score (nSPS) is 16.4. The topological polar surface area (TPSA) is 41.0 Å². The van der Waals surface area contributed by atoms with Gasteiger partial charge >= 0.3 is 6.18 Å². The lowest BCUT2D eigenvalue weighted by molar-refractivity contribution is -0.137. The number of aromatic nitrogens is 2. The van der Waals surface area contributed by atoms with E-state index in [-0.39, 0.29) is 0 Å². The molecule has 1 aliphatic rings. The van der Waals surface area contributed by atoms with Gasteiger partial charge in [-0.1, -0.05) is 18.2 Å². The van der Waals surface area contributed by atoms with Crippen LogP contribution in [0, 0.1) is 0 Å². The van der Waals surface area contributed by atoms with Crippen molar-refractivity contribution < 1.29 is 13.2 Å². The van der Waals surface area contributed by atoms with E-state index in [0.717, 1.165) is 37.9 Å². The van der Waals surface area contributed by atoms with Crippen molar-refractivity contribution in [3.05, 3.63) is 53.9 Å². The standard InChI is InChI=1S/C17H19F3N4/c18-17(19,20)14-4-1-3-13(11-14)12-23-15-5-9-24(10-6-15)16-21-7-2-8-22-16/h1-4,7-8,11,15,23H,5-6,9-10,12H2. The predicted octanol–water partition coefficient (Wildman–Crippen LogP) is 3.25. The van der Waals surface area contributed by atoms with Crippen molar-refractivity contribution in [1.82, 2.24) is 15.3 Å². The number of anilines is 1. The van der Waals surface area contributed by atoms with E-state index in [4.69, 9.17) is 0 Å². The van der Waals surface area contributed by atoms with Crippen LogP contribution in [0.25, 0.3) is 0 Å². The summed E-state index contributed by atoms with van der Waals surface area (Å²) in [7, 11) is 0. The highest BCUT2D eigenvalue weighted by molar-refractivity contribution is 5.29.